The van der Waals surface area contributed by atoms with Crippen LogP contribution in [0.2, 0.25) is 0 Å². The van der Waals surface area contributed by atoms with Gasteiger partial charge in [-0.3, -0.25) is 0 Å². The first-order chi connectivity index (χ1) is 31.9. The Bertz CT molecular complexity index is 2500. The van der Waals surface area contributed by atoms with Gasteiger partial charge in [0.15, 0.2) is 0 Å². The maximum atomic E-state index is 3.06. The van der Waals surface area contributed by atoms with E-state index in [2.05, 4.69) is 184 Å². The molecule has 0 heterocycles. The maximum absolute atomic E-state index is 3.06. The molecule has 2 aliphatic rings. The molecule has 2 aliphatic carbocycles. The number of benzene rings is 6. The Morgan fingerprint density at radius 1 is 0.368 bits per heavy atom. The summed E-state index contributed by atoms with van der Waals surface area (Å²) in [5, 5.41) is 5.66. The second-order valence-electron chi connectivity index (χ2n) is 20.6. The van der Waals surface area contributed by atoms with Gasteiger partial charge in [0.2, 0.25) is 0 Å². The minimum absolute atomic E-state index is 0. The van der Waals surface area contributed by atoms with E-state index in [1.165, 1.54) is 222 Å². The molecule has 0 aromatic heterocycles. The zero-order chi connectivity index (χ0) is 46.5. The molecule has 0 nitrogen and oxygen atoms in total. The molecule has 0 aliphatic heterocycles. The first-order valence-corrected chi connectivity index (χ1v) is 29.2. The predicted octanol–water partition coefficient (Wildman–Crippen LogP) is 19.0. The Morgan fingerprint density at radius 2 is 0.618 bits per heavy atom. The van der Waals surface area contributed by atoms with Gasteiger partial charge in [-0.1, -0.05) is 239 Å². The van der Waals surface area contributed by atoms with Gasteiger partial charge >= 0.3 is 30.2 Å². The molecule has 8 aromatic carbocycles. The Hall–Kier alpha value is -4.36. The molecule has 0 spiro atoms. The van der Waals surface area contributed by atoms with Crippen molar-refractivity contribution in [3.05, 3.63) is 192 Å². The molecular formula is C66H76SiZr-4. The Morgan fingerprint density at radius 3 is 0.897 bits per heavy atom. The van der Waals surface area contributed by atoms with Gasteiger partial charge in [-0.05, 0) is 91.2 Å². The summed E-state index contributed by atoms with van der Waals surface area (Å²) in [6.07, 6.45) is 16.5. The number of aryl methyl sites for hydroxylation is 8. The van der Waals surface area contributed by atoms with Gasteiger partial charge in [0.25, 0.3) is 0 Å². The van der Waals surface area contributed by atoms with Crippen molar-refractivity contribution in [3.63, 3.8) is 0 Å². The van der Waals surface area contributed by atoms with E-state index in [0.29, 0.717) is 0 Å². The number of hydrogen-bond acceptors (Lipinski definition) is 0. The van der Waals surface area contributed by atoms with Gasteiger partial charge in [0.1, 0.15) is 0 Å². The summed E-state index contributed by atoms with van der Waals surface area (Å²) in [7, 11) is 0. The molecule has 0 atom stereocenters. The molecule has 0 N–H and O–H groups in total. The SMILES string of the molecule is Cc1cc(C)cc(-c2ccc(-c3cc(C)cc(C)c3)c3[cH-]c(CC4CCCCC4)cc23)c1.Cc1cc(C)cc(-c2ccc(-c3cc(C)cc(C)c3)c3[cH-]c(CC4CCCCC4)cc23)c1.[CH3-].[CH3-].[Si]=[Zr]. The Balaban J connectivity index is 0.000000210. The van der Waals surface area contributed by atoms with E-state index >= 15 is 0 Å². The molecule has 2 saturated carbocycles. The fourth-order valence-corrected chi connectivity index (χ4v) is 11.9. The fraction of sp³-hybridized carbons (Fsp3) is 0.333. The summed E-state index contributed by atoms with van der Waals surface area (Å²) in [5.74, 6) is 1.71. The monoisotopic (exact) mass is 986 g/mol. The van der Waals surface area contributed by atoms with Crippen LogP contribution in [-0.2, 0) is 36.2 Å². The molecule has 0 saturated heterocycles. The van der Waals surface area contributed by atoms with E-state index in [1.807, 2.05) is 0 Å². The number of hydrogen-bond donors (Lipinski definition) is 0. The summed E-state index contributed by atoms with van der Waals surface area (Å²) in [4.78, 5) is 0. The molecule has 0 bridgehead atoms. The van der Waals surface area contributed by atoms with Crippen molar-refractivity contribution in [2.24, 2.45) is 11.8 Å². The van der Waals surface area contributed by atoms with Crippen LogP contribution in [0.4, 0.5) is 0 Å². The normalized spacial score (nSPS) is 14.0. The van der Waals surface area contributed by atoms with Crippen LogP contribution in [0.15, 0.2) is 121 Å². The van der Waals surface area contributed by atoms with Gasteiger partial charge in [0, 0.05) is 0 Å². The third kappa shape index (κ3) is 12.7. The topological polar surface area (TPSA) is 0 Å². The fourth-order valence-electron chi connectivity index (χ4n) is 11.9. The van der Waals surface area contributed by atoms with E-state index in [1.54, 1.807) is 0 Å². The van der Waals surface area contributed by atoms with Crippen LogP contribution >= 0.6 is 0 Å². The van der Waals surface area contributed by atoms with Gasteiger partial charge in [-0.2, -0.15) is 12.1 Å². The van der Waals surface area contributed by atoms with Crippen molar-refractivity contribution < 1.29 is 23.3 Å². The zero-order valence-electron chi connectivity index (χ0n) is 43.2. The van der Waals surface area contributed by atoms with Crippen molar-refractivity contribution in [3.8, 4) is 44.5 Å². The number of rotatable bonds is 8. The molecule has 0 unspecified atom stereocenters. The minimum atomic E-state index is 0. The van der Waals surface area contributed by atoms with Gasteiger partial charge in [-0.25, -0.2) is 0 Å². The molecule has 2 radical (unpaired) electrons. The molecular weight excluding hydrogens is 912 g/mol. The summed E-state index contributed by atoms with van der Waals surface area (Å²) in [5.41, 5.74) is 24.6. The standard InChI is InChI=1S/2C32H35.2CH3.Si.Zr/c2*1-21-12-22(2)15-27(14-21)29-10-11-30(28-16-23(3)13-24(4)17-28)32-20-26(19-31(29)32)18-25-8-6-5-7-9-25;;;;/h2*10-17,19-20,25H,5-9,18H2,1-4H3;2*1H3;;/q4*-1;;. The quantitative estimate of drug-likeness (QED) is 0.105. The third-order valence-corrected chi connectivity index (χ3v) is 14.5. The third-order valence-electron chi connectivity index (χ3n) is 14.5. The second kappa shape index (κ2) is 24.0. The first kappa shape index (κ1) is 53.0. The summed E-state index contributed by atoms with van der Waals surface area (Å²) in [6, 6.07) is 47.2. The van der Waals surface area contributed by atoms with E-state index in [0.717, 1.165) is 11.8 Å². The van der Waals surface area contributed by atoms with Gasteiger partial charge in [-0.15, -0.1) is 44.8 Å². The van der Waals surface area contributed by atoms with Gasteiger partial charge < -0.3 is 14.9 Å². The number of fused-ring (bicyclic) bond motifs is 2. The van der Waals surface area contributed by atoms with Crippen molar-refractivity contribution in [1.82, 2.24) is 0 Å². The first-order valence-electron chi connectivity index (χ1n) is 25.0. The molecule has 2 heteroatoms. The van der Waals surface area contributed by atoms with E-state index < -0.39 is 0 Å². The average molecular weight is 989 g/mol. The molecule has 68 heavy (non-hydrogen) atoms. The van der Waals surface area contributed by atoms with Crippen molar-refractivity contribution >= 4 is 28.4 Å². The average Bonchev–Trinajstić information content (AvgIpc) is 3.90. The van der Waals surface area contributed by atoms with Crippen molar-refractivity contribution in [2.45, 2.75) is 132 Å². The van der Waals surface area contributed by atoms with Crippen LogP contribution in [0.3, 0.4) is 0 Å². The van der Waals surface area contributed by atoms with Crippen molar-refractivity contribution in [1.29, 1.82) is 0 Å². The van der Waals surface area contributed by atoms with Gasteiger partial charge in [0.05, 0.1) is 0 Å². The zero-order valence-corrected chi connectivity index (χ0v) is 46.6. The summed E-state index contributed by atoms with van der Waals surface area (Å²) in [6.45, 7) is 20.7. The van der Waals surface area contributed by atoms with Crippen LogP contribution in [0.5, 0.6) is 0 Å². The Labute approximate surface area is 429 Å². The summed E-state index contributed by atoms with van der Waals surface area (Å²) >= 11 is 1.36. The van der Waals surface area contributed by atoms with Crippen LogP contribution in [0.1, 0.15) is 120 Å². The molecule has 8 aromatic rings. The van der Waals surface area contributed by atoms with Crippen LogP contribution in [0, 0.1) is 82.1 Å². The molecule has 352 valence electrons. The van der Waals surface area contributed by atoms with Crippen LogP contribution in [-0.4, -0.2) is 6.88 Å². The Kier molecular flexibility index (Phi) is 18.7. The summed E-state index contributed by atoms with van der Waals surface area (Å²) < 4.78 is 0. The van der Waals surface area contributed by atoms with Crippen LogP contribution < -0.4 is 0 Å². The molecule has 0 amide bonds. The van der Waals surface area contributed by atoms with Crippen LogP contribution in [0.25, 0.3) is 66.1 Å². The molecule has 2 fully saturated rings. The van der Waals surface area contributed by atoms with E-state index in [-0.39, 0.29) is 14.9 Å². The predicted molar refractivity (Wildman–Crippen MR) is 298 cm³/mol. The van der Waals surface area contributed by atoms with E-state index in [4.69, 9.17) is 0 Å². The second-order valence-corrected chi connectivity index (χ2v) is 20.6. The molecule has 10 rings (SSSR count). The van der Waals surface area contributed by atoms with Crippen molar-refractivity contribution in [2.75, 3.05) is 0 Å². The van der Waals surface area contributed by atoms with E-state index in [9.17, 15) is 0 Å².